The molecule has 3 rings (SSSR count). The van der Waals surface area contributed by atoms with Crippen molar-refractivity contribution in [2.24, 2.45) is 0 Å². The Morgan fingerprint density at radius 3 is 2.70 bits per heavy atom. The van der Waals surface area contributed by atoms with Crippen LogP contribution in [0.5, 0.6) is 0 Å². The Hall–Kier alpha value is -2.16. The van der Waals surface area contributed by atoms with Crippen LogP contribution in [0.15, 0.2) is 10.7 Å². The fraction of sp³-hybridized carbons (Fsp3) is 0.571. The summed E-state index contributed by atoms with van der Waals surface area (Å²) in [7, 11) is 0. The predicted octanol–water partition coefficient (Wildman–Crippen LogP) is 3.16. The number of nitrogens with zero attached hydrogens (tertiary/aromatic N) is 4. The molecule has 0 aliphatic heterocycles. The summed E-state index contributed by atoms with van der Waals surface area (Å²) in [6.07, 6.45) is 10.2. The Kier molecular flexibility index (Phi) is 3.77. The standard InChI is InChI=1S/C14H17N5O/c15-8-12-11(9-16-18-12)14-17-13(19-20-14)10-6-4-2-1-3-5-7-10/h9-10H,1-7H2,(H,16,18). The Morgan fingerprint density at radius 1 is 1.20 bits per heavy atom. The molecule has 6 nitrogen and oxygen atoms in total. The topological polar surface area (TPSA) is 91.4 Å². The molecule has 2 heterocycles. The highest BCUT2D eigenvalue weighted by Crippen LogP contribution is 2.30. The summed E-state index contributed by atoms with van der Waals surface area (Å²) in [6, 6.07) is 2.04. The van der Waals surface area contributed by atoms with Crippen LogP contribution >= 0.6 is 0 Å². The normalized spacial score (nSPS) is 17.4. The van der Waals surface area contributed by atoms with E-state index in [4.69, 9.17) is 9.78 Å². The highest BCUT2D eigenvalue weighted by Gasteiger charge is 2.21. The molecule has 0 spiro atoms. The summed E-state index contributed by atoms with van der Waals surface area (Å²) >= 11 is 0. The number of hydrogen-bond acceptors (Lipinski definition) is 5. The SMILES string of the molecule is N#Cc1[nH]ncc1-c1nc(C2CCCCCCC2)no1. The quantitative estimate of drug-likeness (QED) is 0.905. The van der Waals surface area contributed by atoms with Gasteiger partial charge in [-0.3, -0.25) is 5.10 Å². The molecule has 0 amide bonds. The molecule has 1 N–H and O–H groups in total. The summed E-state index contributed by atoms with van der Waals surface area (Å²) in [5.41, 5.74) is 0.940. The smallest absolute Gasteiger partial charge is 0.262 e. The maximum absolute atomic E-state index is 8.98. The molecule has 6 heteroatoms. The van der Waals surface area contributed by atoms with Gasteiger partial charge in [-0.25, -0.2) is 0 Å². The first-order chi connectivity index (χ1) is 9.88. The second-order valence-corrected chi connectivity index (χ2v) is 5.27. The van der Waals surface area contributed by atoms with Gasteiger partial charge in [0.15, 0.2) is 5.82 Å². The average molecular weight is 271 g/mol. The van der Waals surface area contributed by atoms with Crippen LogP contribution in [0.2, 0.25) is 0 Å². The number of hydrogen-bond donors (Lipinski definition) is 1. The van der Waals surface area contributed by atoms with E-state index in [0.717, 1.165) is 18.7 Å². The van der Waals surface area contributed by atoms with Crippen LogP contribution in [0.1, 0.15) is 62.4 Å². The first-order valence-electron chi connectivity index (χ1n) is 7.16. The van der Waals surface area contributed by atoms with E-state index >= 15 is 0 Å². The van der Waals surface area contributed by atoms with Crippen LogP contribution in [0.25, 0.3) is 11.5 Å². The minimum atomic E-state index is 0.359. The summed E-state index contributed by atoms with van der Waals surface area (Å²) in [5, 5.41) is 19.6. The van der Waals surface area contributed by atoms with Gasteiger partial charge in [-0.05, 0) is 12.8 Å². The molecule has 1 fully saturated rings. The zero-order chi connectivity index (χ0) is 13.8. The van der Waals surface area contributed by atoms with Crippen molar-refractivity contribution in [2.75, 3.05) is 0 Å². The number of rotatable bonds is 2. The van der Waals surface area contributed by atoms with Crippen LogP contribution in [0.3, 0.4) is 0 Å². The van der Waals surface area contributed by atoms with Gasteiger partial charge in [-0.1, -0.05) is 37.3 Å². The lowest BCUT2D eigenvalue weighted by Crippen LogP contribution is -2.04. The summed E-state index contributed by atoms with van der Waals surface area (Å²) in [4.78, 5) is 4.47. The van der Waals surface area contributed by atoms with Crippen LogP contribution in [0.4, 0.5) is 0 Å². The van der Waals surface area contributed by atoms with Gasteiger partial charge in [0.2, 0.25) is 0 Å². The van der Waals surface area contributed by atoms with Crippen LogP contribution in [-0.4, -0.2) is 20.3 Å². The van der Waals surface area contributed by atoms with E-state index in [1.807, 2.05) is 6.07 Å². The van der Waals surface area contributed by atoms with Gasteiger partial charge in [-0.15, -0.1) is 0 Å². The van der Waals surface area contributed by atoms with Gasteiger partial charge in [0, 0.05) is 5.92 Å². The molecule has 0 unspecified atom stereocenters. The lowest BCUT2D eigenvalue weighted by Gasteiger charge is -2.15. The highest BCUT2D eigenvalue weighted by molar-refractivity contribution is 5.59. The number of nitrogens with one attached hydrogen (secondary N) is 1. The number of aromatic nitrogens is 4. The zero-order valence-electron chi connectivity index (χ0n) is 11.3. The van der Waals surface area contributed by atoms with E-state index in [1.54, 1.807) is 6.20 Å². The lowest BCUT2D eigenvalue weighted by molar-refractivity contribution is 0.393. The summed E-state index contributed by atoms with van der Waals surface area (Å²) < 4.78 is 5.30. The van der Waals surface area contributed by atoms with E-state index in [1.165, 1.54) is 32.1 Å². The highest BCUT2D eigenvalue weighted by atomic mass is 16.5. The van der Waals surface area contributed by atoms with Gasteiger partial charge in [0.05, 0.1) is 11.8 Å². The molecule has 1 aliphatic rings. The Balaban J connectivity index is 1.81. The summed E-state index contributed by atoms with van der Waals surface area (Å²) in [6.45, 7) is 0. The Bertz CT molecular complexity index is 601. The third-order valence-electron chi connectivity index (χ3n) is 3.89. The zero-order valence-corrected chi connectivity index (χ0v) is 11.3. The number of H-pyrrole nitrogens is 1. The van der Waals surface area contributed by atoms with Crippen molar-refractivity contribution >= 4 is 0 Å². The maximum Gasteiger partial charge on any atom is 0.262 e. The fourth-order valence-corrected chi connectivity index (χ4v) is 2.76. The molecule has 2 aromatic heterocycles. The third kappa shape index (κ3) is 2.57. The monoisotopic (exact) mass is 271 g/mol. The number of aromatic amines is 1. The fourth-order valence-electron chi connectivity index (χ4n) is 2.76. The van der Waals surface area contributed by atoms with E-state index < -0.39 is 0 Å². The number of nitriles is 1. The molecule has 2 aromatic rings. The second kappa shape index (κ2) is 5.87. The minimum absolute atomic E-state index is 0.359. The van der Waals surface area contributed by atoms with Crippen molar-refractivity contribution in [1.82, 2.24) is 20.3 Å². The molecule has 0 radical (unpaired) electrons. The van der Waals surface area contributed by atoms with E-state index in [9.17, 15) is 0 Å². The van der Waals surface area contributed by atoms with E-state index in [2.05, 4.69) is 20.3 Å². The molecule has 0 atom stereocenters. The van der Waals surface area contributed by atoms with Gasteiger partial charge in [0.25, 0.3) is 5.89 Å². The maximum atomic E-state index is 8.98. The Morgan fingerprint density at radius 2 is 1.95 bits per heavy atom. The van der Waals surface area contributed by atoms with Crippen molar-refractivity contribution in [3.8, 4) is 17.5 Å². The van der Waals surface area contributed by atoms with Crippen molar-refractivity contribution in [3.63, 3.8) is 0 Å². The van der Waals surface area contributed by atoms with Crippen molar-refractivity contribution in [2.45, 2.75) is 50.9 Å². The molecule has 0 bridgehead atoms. The van der Waals surface area contributed by atoms with E-state index in [-0.39, 0.29) is 0 Å². The van der Waals surface area contributed by atoms with Gasteiger partial charge in [0.1, 0.15) is 11.8 Å². The van der Waals surface area contributed by atoms with Crippen molar-refractivity contribution in [1.29, 1.82) is 5.26 Å². The lowest BCUT2D eigenvalue weighted by atomic mass is 9.91. The van der Waals surface area contributed by atoms with Crippen LogP contribution in [-0.2, 0) is 0 Å². The van der Waals surface area contributed by atoms with Gasteiger partial charge in [-0.2, -0.15) is 15.3 Å². The van der Waals surface area contributed by atoms with E-state index in [0.29, 0.717) is 23.1 Å². The van der Waals surface area contributed by atoms with Crippen molar-refractivity contribution in [3.05, 3.63) is 17.7 Å². The first-order valence-corrected chi connectivity index (χ1v) is 7.16. The second-order valence-electron chi connectivity index (χ2n) is 5.27. The van der Waals surface area contributed by atoms with Crippen molar-refractivity contribution < 1.29 is 4.52 Å². The molecule has 1 saturated carbocycles. The average Bonchev–Trinajstić information content (AvgIpc) is 3.06. The molecular weight excluding hydrogens is 254 g/mol. The molecule has 0 saturated heterocycles. The largest absolute Gasteiger partial charge is 0.334 e. The third-order valence-corrected chi connectivity index (χ3v) is 3.89. The Labute approximate surface area is 117 Å². The molecule has 104 valence electrons. The molecular formula is C14H17N5O. The minimum Gasteiger partial charge on any atom is -0.334 e. The van der Waals surface area contributed by atoms with Gasteiger partial charge < -0.3 is 4.52 Å². The molecule has 20 heavy (non-hydrogen) atoms. The first kappa shape index (κ1) is 12.9. The van der Waals surface area contributed by atoms with Crippen LogP contribution in [0, 0.1) is 11.3 Å². The molecule has 0 aromatic carbocycles. The van der Waals surface area contributed by atoms with Crippen LogP contribution < -0.4 is 0 Å². The predicted molar refractivity (Wildman–Crippen MR) is 71.7 cm³/mol. The summed E-state index contributed by atoms with van der Waals surface area (Å²) in [5.74, 6) is 1.53. The van der Waals surface area contributed by atoms with Gasteiger partial charge >= 0.3 is 0 Å². The molecule has 1 aliphatic carbocycles.